The van der Waals surface area contributed by atoms with E-state index in [-0.39, 0.29) is 11.8 Å². The summed E-state index contributed by atoms with van der Waals surface area (Å²) in [4.78, 5) is 26.3. The normalized spacial score (nSPS) is 16.4. The molecule has 0 radical (unpaired) electrons. The molecular weight excluding hydrogens is 314 g/mol. The summed E-state index contributed by atoms with van der Waals surface area (Å²) in [6.07, 6.45) is 2.29. The van der Waals surface area contributed by atoms with Crippen molar-refractivity contribution in [3.05, 3.63) is 71.3 Å². The third-order valence-electron chi connectivity index (χ3n) is 4.31. The number of carbonyl (C=O) groups is 2. The number of carboxylic acid groups (broad SMARTS) is 1. The number of hydrogen-bond acceptors (Lipinski definition) is 2. The molecule has 0 bridgehead atoms. The SMILES string of the molecule is CC(C)CC(C(=O)O)N1C(=O)c2ccccc2/C1=C\c1ccccc1. The van der Waals surface area contributed by atoms with E-state index in [0.717, 1.165) is 11.1 Å². The molecule has 4 heteroatoms. The number of fused-ring (bicyclic) bond motifs is 1. The molecule has 1 unspecified atom stereocenters. The Labute approximate surface area is 147 Å². The van der Waals surface area contributed by atoms with Crippen LogP contribution in [0.2, 0.25) is 0 Å². The Hall–Kier alpha value is -2.88. The van der Waals surface area contributed by atoms with E-state index < -0.39 is 12.0 Å². The molecule has 25 heavy (non-hydrogen) atoms. The first-order chi connectivity index (χ1) is 12.0. The highest BCUT2D eigenvalue weighted by Crippen LogP contribution is 2.37. The second-order valence-corrected chi connectivity index (χ2v) is 6.64. The molecule has 1 aliphatic rings. The summed E-state index contributed by atoms with van der Waals surface area (Å²) in [5.74, 6) is -1.06. The van der Waals surface area contributed by atoms with E-state index in [2.05, 4.69) is 0 Å². The fourth-order valence-corrected chi connectivity index (χ4v) is 3.19. The topological polar surface area (TPSA) is 57.6 Å². The molecular formula is C21H21NO3. The van der Waals surface area contributed by atoms with Gasteiger partial charge in [0.15, 0.2) is 0 Å². The summed E-state index contributed by atoms with van der Waals surface area (Å²) in [7, 11) is 0. The number of carbonyl (C=O) groups excluding carboxylic acids is 1. The third kappa shape index (κ3) is 3.33. The minimum Gasteiger partial charge on any atom is -0.480 e. The van der Waals surface area contributed by atoms with E-state index in [9.17, 15) is 14.7 Å². The van der Waals surface area contributed by atoms with E-state index in [0.29, 0.717) is 17.7 Å². The van der Waals surface area contributed by atoms with Gasteiger partial charge in [-0.15, -0.1) is 0 Å². The molecule has 2 aromatic carbocycles. The predicted molar refractivity (Wildman–Crippen MR) is 97.8 cm³/mol. The van der Waals surface area contributed by atoms with Gasteiger partial charge in [-0.05, 0) is 30.0 Å². The second-order valence-electron chi connectivity index (χ2n) is 6.64. The summed E-state index contributed by atoms with van der Waals surface area (Å²) in [5, 5.41) is 9.74. The highest BCUT2D eigenvalue weighted by atomic mass is 16.4. The number of benzene rings is 2. The lowest BCUT2D eigenvalue weighted by molar-refractivity contribution is -0.141. The quantitative estimate of drug-likeness (QED) is 0.893. The highest BCUT2D eigenvalue weighted by Gasteiger charge is 2.40. The predicted octanol–water partition coefficient (Wildman–Crippen LogP) is 4.14. The van der Waals surface area contributed by atoms with E-state index in [4.69, 9.17) is 0 Å². The van der Waals surface area contributed by atoms with Gasteiger partial charge >= 0.3 is 5.97 Å². The van der Waals surface area contributed by atoms with Crippen molar-refractivity contribution in [3.8, 4) is 0 Å². The van der Waals surface area contributed by atoms with Crippen LogP contribution in [0.3, 0.4) is 0 Å². The summed E-state index contributed by atoms with van der Waals surface area (Å²) < 4.78 is 0. The van der Waals surface area contributed by atoms with Crippen LogP contribution in [0.1, 0.15) is 41.8 Å². The maximum atomic E-state index is 12.9. The van der Waals surface area contributed by atoms with Crippen LogP contribution in [0, 0.1) is 5.92 Å². The van der Waals surface area contributed by atoms with Crippen LogP contribution in [-0.2, 0) is 4.79 Å². The van der Waals surface area contributed by atoms with Gasteiger partial charge in [-0.2, -0.15) is 0 Å². The van der Waals surface area contributed by atoms with Crippen LogP contribution in [0.15, 0.2) is 54.6 Å². The van der Waals surface area contributed by atoms with Gasteiger partial charge in [0.1, 0.15) is 6.04 Å². The van der Waals surface area contributed by atoms with Gasteiger partial charge in [-0.25, -0.2) is 4.79 Å². The average Bonchev–Trinajstić information content (AvgIpc) is 2.86. The maximum Gasteiger partial charge on any atom is 0.326 e. The summed E-state index contributed by atoms with van der Waals surface area (Å²) in [6.45, 7) is 3.93. The minimum atomic E-state index is -0.978. The molecule has 1 atom stereocenters. The molecule has 1 heterocycles. The number of rotatable bonds is 5. The first kappa shape index (κ1) is 17.0. The minimum absolute atomic E-state index is 0.163. The lowest BCUT2D eigenvalue weighted by Gasteiger charge is -2.27. The van der Waals surface area contributed by atoms with Crippen LogP contribution in [0.25, 0.3) is 11.8 Å². The van der Waals surface area contributed by atoms with E-state index in [1.807, 2.05) is 62.4 Å². The Morgan fingerprint density at radius 2 is 1.64 bits per heavy atom. The van der Waals surface area contributed by atoms with Crippen molar-refractivity contribution in [2.45, 2.75) is 26.3 Å². The van der Waals surface area contributed by atoms with Crippen molar-refractivity contribution in [2.75, 3.05) is 0 Å². The molecule has 0 aliphatic carbocycles. The monoisotopic (exact) mass is 335 g/mol. The molecule has 0 spiro atoms. The third-order valence-corrected chi connectivity index (χ3v) is 4.31. The lowest BCUT2D eigenvalue weighted by atomic mass is 10.0. The molecule has 0 aromatic heterocycles. The highest BCUT2D eigenvalue weighted by molar-refractivity contribution is 6.13. The number of aliphatic carboxylic acids is 1. The smallest absolute Gasteiger partial charge is 0.326 e. The molecule has 0 saturated heterocycles. The summed E-state index contributed by atoms with van der Waals surface area (Å²) in [5.41, 5.74) is 2.92. The first-order valence-electron chi connectivity index (χ1n) is 8.41. The number of nitrogens with zero attached hydrogens (tertiary/aromatic N) is 1. The standard InChI is InChI=1S/C21H21NO3/c1-14(2)12-19(21(24)25)22-18(13-15-8-4-3-5-9-15)16-10-6-7-11-17(16)20(22)23/h3-11,13-14,19H,12H2,1-2H3,(H,24,25)/b18-13+. The van der Waals surface area contributed by atoms with Crippen molar-refractivity contribution in [1.82, 2.24) is 4.90 Å². The average molecular weight is 335 g/mol. The molecule has 1 amide bonds. The molecule has 2 aromatic rings. The van der Waals surface area contributed by atoms with Crippen molar-refractivity contribution in [2.24, 2.45) is 5.92 Å². The van der Waals surface area contributed by atoms with Crippen LogP contribution in [0.5, 0.6) is 0 Å². The zero-order chi connectivity index (χ0) is 18.0. The molecule has 0 saturated carbocycles. The molecule has 1 aliphatic heterocycles. The first-order valence-corrected chi connectivity index (χ1v) is 8.41. The Morgan fingerprint density at radius 3 is 2.24 bits per heavy atom. The van der Waals surface area contributed by atoms with E-state index >= 15 is 0 Å². The Balaban J connectivity index is 2.14. The Bertz CT molecular complexity index is 824. The van der Waals surface area contributed by atoms with Crippen LogP contribution >= 0.6 is 0 Å². The van der Waals surface area contributed by atoms with Gasteiger partial charge in [0.2, 0.25) is 0 Å². The van der Waals surface area contributed by atoms with Crippen LogP contribution < -0.4 is 0 Å². The Kier molecular flexibility index (Phi) is 4.70. The fraction of sp³-hybridized carbons (Fsp3) is 0.238. The molecule has 128 valence electrons. The van der Waals surface area contributed by atoms with Gasteiger partial charge < -0.3 is 5.11 Å². The molecule has 4 nitrogen and oxygen atoms in total. The molecule has 0 fully saturated rings. The van der Waals surface area contributed by atoms with Crippen molar-refractivity contribution < 1.29 is 14.7 Å². The van der Waals surface area contributed by atoms with E-state index in [1.165, 1.54) is 4.90 Å². The van der Waals surface area contributed by atoms with Gasteiger partial charge in [-0.3, -0.25) is 9.69 Å². The second kappa shape index (κ2) is 6.93. The van der Waals surface area contributed by atoms with Gasteiger partial charge in [0, 0.05) is 11.1 Å². The zero-order valence-electron chi connectivity index (χ0n) is 14.3. The van der Waals surface area contributed by atoms with Gasteiger partial charge in [0.05, 0.1) is 5.70 Å². The summed E-state index contributed by atoms with van der Waals surface area (Å²) in [6, 6.07) is 16.1. The Morgan fingerprint density at radius 1 is 1.04 bits per heavy atom. The molecule has 1 N–H and O–H groups in total. The van der Waals surface area contributed by atoms with Gasteiger partial charge in [0.25, 0.3) is 5.91 Å². The van der Waals surface area contributed by atoms with Crippen molar-refractivity contribution in [1.29, 1.82) is 0 Å². The lowest BCUT2D eigenvalue weighted by Crippen LogP contribution is -2.41. The van der Waals surface area contributed by atoms with Crippen LogP contribution in [0.4, 0.5) is 0 Å². The van der Waals surface area contributed by atoms with E-state index in [1.54, 1.807) is 12.1 Å². The largest absolute Gasteiger partial charge is 0.480 e. The zero-order valence-corrected chi connectivity index (χ0v) is 14.3. The number of amides is 1. The number of carboxylic acids is 1. The van der Waals surface area contributed by atoms with Gasteiger partial charge in [-0.1, -0.05) is 62.4 Å². The summed E-state index contributed by atoms with van der Waals surface area (Å²) >= 11 is 0. The maximum absolute atomic E-state index is 12.9. The van der Waals surface area contributed by atoms with Crippen molar-refractivity contribution in [3.63, 3.8) is 0 Å². The molecule has 3 rings (SSSR count). The fourth-order valence-electron chi connectivity index (χ4n) is 3.19. The van der Waals surface area contributed by atoms with Crippen molar-refractivity contribution >= 4 is 23.6 Å². The van der Waals surface area contributed by atoms with Crippen LogP contribution in [-0.4, -0.2) is 27.9 Å². The number of hydrogen-bond donors (Lipinski definition) is 1.